The highest BCUT2D eigenvalue weighted by Gasteiger charge is 2.36. The predicted molar refractivity (Wildman–Crippen MR) is 68.7 cm³/mol. The van der Waals surface area contributed by atoms with Crippen LogP contribution in [0.25, 0.3) is 0 Å². The van der Waals surface area contributed by atoms with Crippen molar-refractivity contribution in [3.05, 3.63) is 18.3 Å². The molecule has 0 saturated carbocycles. The van der Waals surface area contributed by atoms with Crippen molar-refractivity contribution >= 4 is 11.5 Å². The van der Waals surface area contributed by atoms with Crippen LogP contribution in [0.5, 0.6) is 0 Å². The molecule has 2 aliphatic heterocycles. The number of nitrogens with zero attached hydrogens (tertiary/aromatic N) is 2. The monoisotopic (exact) mass is 233 g/mol. The zero-order valence-corrected chi connectivity index (χ0v) is 9.89. The summed E-state index contributed by atoms with van der Waals surface area (Å²) in [5, 5.41) is 3.61. The number of hydrogen-bond donors (Lipinski definition) is 3. The molecule has 0 spiro atoms. The van der Waals surface area contributed by atoms with Gasteiger partial charge in [0.15, 0.2) is 0 Å². The second-order valence-electron chi connectivity index (χ2n) is 4.86. The maximum absolute atomic E-state index is 5.36. The van der Waals surface area contributed by atoms with E-state index in [9.17, 15) is 0 Å². The molecule has 2 fully saturated rings. The van der Waals surface area contributed by atoms with E-state index in [1.165, 1.54) is 32.4 Å². The van der Waals surface area contributed by atoms with Gasteiger partial charge in [0.1, 0.15) is 5.82 Å². The molecule has 2 saturated heterocycles. The fourth-order valence-corrected chi connectivity index (χ4v) is 3.06. The number of hydrogen-bond acceptors (Lipinski definition) is 5. The average Bonchev–Trinajstić information content (AvgIpc) is 2.94. The van der Waals surface area contributed by atoms with E-state index in [2.05, 4.69) is 20.6 Å². The third kappa shape index (κ3) is 2.08. The van der Waals surface area contributed by atoms with E-state index in [1.54, 1.807) is 6.20 Å². The van der Waals surface area contributed by atoms with Crippen molar-refractivity contribution < 1.29 is 0 Å². The van der Waals surface area contributed by atoms with Crippen molar-refractivity contribution in [3.8, 4) is 0 Å². The van der Waals surface area contributed by atoms with Gasteiger partial charge in [0, 0.05) is 36.6 Å². The molecule has 5 nitrogen and oxygen atoms in total. The molecular formula is C12H19N5. The first kappa shape index (κ1) is 10.8. The minimum Gasteiger partial charge on any atom is -0.381 e. The Kier molecular flexibility index (Phi) is 2.86. The molecule has 0 amide bonds. The van der Waals surface area contributed by atoms with Gasteiger partial charge < -0.3 is 10.7 Å². The van der Waals surface area contributed by atoms with Crippen LogP contribution in [-0.4, -0.2) is 35.1 Å². The number of nitrogens with two attached hydrogens (primary N) is 1. The molecule has 1 aromatic rings. The number of pyridine rings is 1. The molecule has 0 aromatic carbocycles. The maximum atomic E-state index is 5.36. The molecule has 0 aliphatic carbocycles. The SMILES string of the molecule is NNc1cc(NC2CCN3CCCC23)ccn1. The van der Waals surface area contributed by atoms with Crippen LogP contribution < -0.4 is 16.6 Å². The van der Waals surface area contributed by atoms with Crippen LogP contribution in [0, 0.1) is 0 Å². The van der Waals surface area contributed by atoms with Gasteiger partial charge in [-0.15, -0.1) is 0 Å². The molecule has 17 heavy (non-hydrogen) atoms. The lowest BCUT2D eigenvalue weighted by Crippen LogP contribution is -2.33. The van der Waals surface area contributed by atoms with Crippen LogP contribution in [0.2, 0.25) is 0 Å². The van der Waals surface area contributed by atoms with Gasteiger partial charge in [-0.3, -0.25) is 4.90 Å². The molecule has 1 aromatic heterocycles. The lowest BCUT2D eigenvalue weighted by molar-refractivity contribution is 0.318. The molecule has 92 valence electrons. The molecule has 2 aliphatic rings. The average molecular weight is 233 g/mol. The predicted octanol–water partition coefficient (Wildman–Crippen LogP) is 1.02. The first-order valence-electron chi connectivity index (χ1n) is 6.30. The van der Waals surface area contributed by atoms with Crippen molar-refractivity contribution in [2.24, 2.45) is 5.84 Å². The first-order chi connectivity index (χ1) is 8.36. The summed E-state index contributed by atoms with van der Waals surface area (Å²) in [7, 11) is 0. The van der Waals surface area contributed by atoms with Gasteiger partial charge in [-0.25, -0.2) is 10.8 Å². The topological polar surface area (TPSA) is 66.2 Å². The first-order valence-corrected chi connectivity index (χ1v) is 6.30. The molecule has 2 unspecified atom stereocenters. The highest BCUT2D eigenvalue weighted by Crippen LogP contribution is 2.30. The van der Waals surface area contributed by atoms with Crippen LogP contribution in [-0.2, 0) is 0 Å². The van der Waals surface area contributed by atoms with Crippen molar-refractivity contribution in [1.29, 1.82) is 0 Å². The number of fused-ring (bicyclic) bond motifs is 1. The standard InChI is InChI=1S/C12H19N5/c13-16-12-8-9(3-5-14-12)15-10-4-7-17-6-1-2-11(10)17/h3,5,8,10-11H,1-2,4,6-7,13H2,(H2,14,15,16). The number of aromatic nitrogens is 1. The van der Waals surface area contributed by atoms with Crippen molar-refractivity contribution in [1.82, 2.24) is 9.88 Å². The molecule has 3 rings (SSSR count). The second-order valence-corrected chi connectivity index (χ2v) is 4.86. The van der Waals surface area contributed by atoms with Crippen LogP contribution in [0.1, 0.15) is 19.3 Å². The smallest absolute Gasteiger partial charge is 0.141 e. The highest BCUT2D eigenvalue weighted by molar-refractivity contribution is 5.52. The Balaban J connectivity index is 1.70. The largest absolute Gasteiger partial charge is 0.381 e. The van der Waals surface area contributed by atoms with Gasteiger partial charge in [-0.05, 0) is 31.9 Å². The van der Waals surface area contributed by atoms with Gasteiger partial charge in [-0.2, -0.15) is 0 Å². The maximum Gasteiger partial charge on any atom is 0.141 e. The summed E-state index contributed by atoms with van der Waals surface area (Å²) >= 11 is 0. The lowest BCUT2D eigenvalue weighted by atomic mass is 10.1. The van der Waals surface area contributed by atoms with Crippen molar-refractivity contribution in [2.45, 2.75) is 31.3 Å². The summed E-state index contributed by atoms with van der Waals surface area (Å²) < 4.78 is 0. The molecular weight excluding hydrogens is 214 g/mol. The molecule has 4 N–H and O–H groups in total. The third-order valence-corrected chi connectivity index (χ3v) is 3.87. The Morgan fingerprint density at radius 2 is 2.29 bits per heavy atom. The summed E-state index contributed by atoms with van der Waals surface area (Å²) in [6.45, 7) is 2.50. The quantitative estimate of drug-likeness (QED) is 0.537. The van der Waals surface area contributed by atoms with Crippen LogP contribution in [0.4, 0.5) is 11.5 Å². The third-order valence-electron chi connectivity index (χ3n) is 3.87. The lowest BCUT2D eigenvalue weighted by Gasteiger charge is -2.22. The Morgan fingerprint density at radius 3 is 3.18 bits per heavy atom. The van der Waals surface area contributed by atoms with E-state index in [4.69, 9.17) is 5.84 Å². The normalized spacial score (nSPS) is 28.1. The molecule has 2 atom stereocenters. The number of anilines is 2. The van der Waals surface area contributed by atoms with E-state index >= 15 is 0 Å². The van der Waals surface area contributed by atoms with Gasteiger partial charge in [0.2, 0.25) is 0 Å². The molecule has 0 bridgehead atoms. The van der Waals surface area contributed by atoms with Gasteiger partial charge in [-0.1, -0.05) is 0 Å². The minimum atomic E-state index is 0.575. The van der Waals surface area contributed by atoms with E-state index < -0.39 is 0 Å². The summed E-state index contributed by atoms with van der Waals surface area (Å²) in [6.07, 6.45) is 5.68. The number of rotatable bonds is 3. The highest BCUT2D eigenvalue weighted by atomic mass is 15.3. The fraction of sp³-hybridized carbons (Fsp3) is 0.583. The second kappa shape index (κ2) is 4.50. The van der Waals surface area contributed by atoms with Gasteiger partial charge >= 0.3 is 0 Å². The van der Waals surface area contributed by atoms with Gasteiger partial charge in [0.05, 0.1) is 0 Å². The Labute approximate surface area is 101 Å². The van der Waals surface area contributed by atoms with Crippen LogP contribution >= 0.6 is 0 Å². The molecule has 3 heterocycles. The van der Waals surface area contributed by atoms with E-state index in [0.29, 0.717) is 11.9 Å². The minimum absolute atomic E-state index is 0.575. The molecule has 5 heteroatoms. The fourth-order valence-electron chi connectivity index (χ4n) is 3.06. The Hall–Kier alpha value is -1.33. The van der Waals surface area contributed by atoms with E-state index in [1.807, 2.05) is 12.1 Å². The summed E-state index contributed by atoms with van der Waals surface area (Å²) in [4.78, 5) is 6.71. The summed E-state index contributed by atoms with van der Waals surface area (Å²) in [6, 6.07) is 5.25. The van der Waals surface area contributed by atoms with Crippen molar-refractivity contribution in [2.75, 3.05) is 23.8 Å². The van der Waals surface area contributed by atoms with E-state index in [-0.39, 0.29) is 0 Å². The Morgan fingerprint density at radius 1 is 1.35 bits per heavy atom. The molecule has 0 radical (unpaired) electrons. The number of hydrazine groups is 1. The zero-order valence-electron chi connectivity index (χ0n) is 9.89. The zero-order chi connectivity index (χ0) is 11.7. The summed E-state index contributed by atoms with van der Waals surface area (Å²) in [5.74, 6) is 6.07. The number of nitrogens with one attached hydrogen (secondary N) is 2. The summed E-state index contributed by atoms with van der Waals surface area (Å²) in [5.41, 5.74) is 3.68. The Bertz CT molecular complexity index is 394. The van der Waals surface area contributed by atoms with Crippen LogP contribution in [0.15, 0.2) is 18.3 Å². The van der Waals surface area contributed by atoms with Crippen LogP contribution in [0.3, 0.4) is 0 Å². The van der Waals surface area contributed by atoms with Crippen molar-refractivity contribution in [3.63, 3.8) is 0 Å². The van der Waals surface area contributed by atoms with E-state index in [0.717, 1.165) is 11.7 Å². The van der Waals surface area contributed by atoms with Gasteiger partial charge in [0.25, 0.3) is 0 Å². The number of nitrogen functional groups attached to an aromatic ring is 1.